The highest BCUT2D eigenvalue weighted by Crippen LogP contribution is 2.29. The average molecular weight is 273 g/mol. The Balaban J connectivity index is 2.29. The fourth-order valence-corrected chi connectivity index (χ4v) is 1.88. The summed E-state index contributed by atoms with van der Waals surface area (Å²) in [7, 11) is 0. The first kappa shape index (κ1) is 13.8. The van der Waals surface area contributed by atoms with Gasteiger partial charge in [-0.25, -0.2) is 4.39 Å². The molecule has 0 amide bonds. The van der Waals surface area contributed by atoms with Gasteiger partial charge in [0.2, 0.25) is 5.71 Å². The summed E-state index contributed by atoms with van der Waals surface area (Å²) < 4.78 is 19.2. The molecule has 1 saturated heterocycles. The van der Waals surface area contributed by atoms with Crippen molar-refractivity contribution in [1.29, 1.82) is 10.5 Å². The van der Waals surface area contributed by atoms with Crippen molar-refractivity contribution in [2.75, 3.05) is 36.6 Å². The number of para-hydroxylation sites is 1. The summed E-state index contributed by atoms with van der Waals surface area (Å²) >= 11 is 0. The number of ether oxygens (including phenoxy) is 1. The van der Waals surface area contributed by atoms with Crippen molar-refractivity contribution in [2.24, 2.45) is 5.10 Å². The molecule has 0 bridgehead atoms. The maximum atomic E-state index is 13.9. The number of morpholine rings is 1. The Bertz CT molecular complexity index is 580. The van der Waals surface area contributed by atoms with Gasteiger partial charge in [-0.05, 0) is 12.1 Å². The number of hydrazone groups is 1. The predicted octanol–water partition coefficient (Wildman–Crippen LogP) is 1.48. The third-order valence-electron chi connectivity index (χ3n) is 2.83. The fourth-order valence-electron chi connectivity index (χ4n) is 1.88. The van der Waals surface area contributed by atoms with Gasteiger partial charge in [0.05, 0.1) is 18.9 Å². The van der Waals surface area contributed by atoms with Gasteiger partial charge in [0.15, 0.2) is 0 Å². The number of nitrogens with zero attached hydrogens (tertiary/aromatic N) is 4. The van der Waals surface area contributed by atoms with Gasteiger partial charge >= 0.3 is 0 Å². The molecule has 6 nitrogen and oxygen atoms in total. The van der Waals surface area contributed by atoms with E-state index in [1.807, 2.05) is 4.90 Å². The van der Waals surface area contributed by atoms with E-state index in [1.165, 1.54) is 6.07 Å². The highest BCUT2D eigenvalue weighted by atomic mass is 19.1. The Morgan fingerprint density at radius 2 is 2.00 bits per heavy atom. The van der Waals surface area contributed by atoms with Crippen molar-refractivity contribution >= 4 is 17.1 Å². The third kappa shape index (κ3) is 3.02. The molecule has 102 valence electrons. The molecule has 0 spiro atoms. The van der Waals surface area contributed by atoms with Crippen LogP contribution in [-0.4, -0.2) is 32.0 Å². The molecule has 1 N–H and O–H groups in total. The van der Waals surface area contributed by atoms with Crippen LogP contribution in [0.4, 0.5) is 15.8 Å². The van der Waals surface area contributed by atoms with Crippen molar-refractivity contribution in [3.63, 3.8) is 0 Å². The van der Waals surface area contributed by atoms with Gasteiger partial charge in [-0.2, -0.15) is 15.6 Å². The molecular weight excluding hydrogens is 261 g/mol. The Morgan fingerprint density at radius 3 is 2.65 bits per heavy atom. The standard InChI is InChI=1S/C13H12FN5O/c14-11-2-1-3-12(19-4-6-20-7-5-19)13(11)18-17-10(8-15)9-16/h1-3,18H,4-7H2. The molecule has 1 aromatic rings. The normalized spacial score (nSPS) is 14.1. The maximum absolute atomic E-state index is 13.9. The molecule has 0 aliphatic carbocycles. The molecule has 0 saturated carbocycles. The molecule has 1 aliphatic rings. The largest absolute Gasteiger partial charge is 0.378 e. The van der Waals surface area contributed by atoms with E-state index in [-0.39, 0.29) is 11.4 Å². The zero-order chi connectivity index (χ0) is 14.4. The van der Waals surface area contributed by atoms with Crippen LogP contribution in [-0.2, 0) is 4.74 Å². The predicted molar refractivity (Wildman–Crippen MR) is 71.7 cm³/mol. The molecule has 1 aromatic carbocycles. The number of benzene rings is 1. The smallest absolute Gasteiger partial charge is 0.237 e. The summed E-state index contributed by atoms with van der Waals surface area (Å²) in [6.07, 6.45) is 0. The molecule has 2 rings (SSSR count). The van der Waals surface area contributed by atoms with E-state index in [0.29, 0.717) is 32.0 Å². The number of hydrogen-bond acceptors (Lipinski definition) is 6. The van der Waals surface area contributed by atoms with Gasteiger partial charge in [0.1, 0.15) is 23.6 Å². The van der Waals surface area contributed by atoms with Gasteiger partial charge in [0.25, 0.3) is 0 Å². The van der Waals surface area contributed by atoms with Gasteiger partial charge < -0.3 is 9.64 Å². The quantitative estimate of drug-likeness (QED) is 0.666. The van der Waals surface area contributed by atoms with Crippen LogP contribution in [0, 0.1) is 28.5 Å². The van der Waals surface area contributed by atoms with Gasteiger partial charge in [-0.15, -0.1) is 0 Å². The second-order valence-electron chi connectivity index (χ2n) is 4.03. The molecular formula is C13H12FN5O. The summed E-state index contributed by atoms with van der Waals surface area (Å²) in [5, 5.41) is 20.8. The van der Waals surface area contributed by atoms with E-state index >= 15 is 0 Å². The molecule has 0 radical (unpaired) electrons. The summed E-state index contributed by atoms with van der Waals surface area (Å²) in [6, 6.07) is 7.87. The van der Waals surface area contributed by atoms with Crippen molar-refractivity contribution in [3.05, 3.63) is 24.0 Å². The van der Waals surface area contributed by atoms with E-state index < -0.39 is 5.82 Å². The first-order valence-corrected chi connectivity index (χ1v) is 6.01. The van der Waals surface area contributed by atoms with Crippen LogP contribution in [0.5, 0.6) is 0 Å². The number of hydrogen-bond donors (Lipinski definition) is 1. The first-order chi connectivity index (χ1) is 9.76. The SMILES string of the molecule is N#CC(C#N)=NNc1c(F)cccc1N1CCOCC1. The van der Waals surface area contributed by atoms with Crippen molar-refractivity contribution in [1.82, 2.24) is 0 Å². The lowest BCUT2D eigenvalue weighted by Crippen LogP contribution is -2.36. The van der Waals surface area contributed by atoms with Crippen LogP contribution in [0.15, 0.2) is 23.3 Å². The van der Waals surface area contributed by atoms with E-state index in [0.717, 1.165) is 0 Å². The molecule has 1 aliphatic heterocycles. The molecule has 0 unspecified atom stereocenters. The topological polar surface area (TPSA) is 84.4 Å². The molecule has 7 heteroatoms. The maximum Gasteiger partial charge on any atom is 0.237 e. The van der Waals surface area contributed by atoms with Gasteiger partial charge in [0, 0.05) is 13.1 Å². The Hall–Kier alpha value is -2.64. The first-order valence-electron chi connectivity index (χ1n) is 6.01. The van der Waals surface area contributed by atoms with E-state index in [1.54, 1.807) is 24.3 Å². The van der Waals surface area contributed by atoms with Crippen LogP contribution in [0.1, 0.15) is 0 Å². The highest BCUT2D eigenvalue weighted by molar-refractivity contribution is 6.10. The van der Waals surface area contributed by atoms with Gasteiger partial charge in [-0.1, -0.05) is 6.07 Å². The lowest BCUT2D eigenvalue weighted by molar-refractivity contribution is 0.122. The Kier molecular flexibility index (Phi) is 4.48. The van der Waals surface area contributed by atoms with Crippen molar-refractivity contribution in [3.8, 4) is 12.1 Å². The van der Waals surface area contributed by atoms with Crippen LogP contribution in [0.25, 0.3) is 0 Å². The second kappa shape index (κ2) is 6.50. The molecule has 0 aromatic heterocycles. The van der Waals surface area contributed by atoms with E-state index in [2.05, 4.69) is 10.5 Å². The van der Waals surface area contributed by atoms with Crippen LogP contribution >= 0.6 is 0 Å². The number of anilines is 2. The van der Waals surface area contributed by atoms with E-state index in [4.69, 9.17) is 15.3 Å². The minimum atomic E-state index is -0.493. The minimum Gasteiger partial charge on any atom is -0.378 e. The Morgan fingerprint density at radius 1 is 1.30 bits per heavy atom. The fraction of sp³-hybridized carbons (Fsp3) is 0.308. The number of rotatable bonds is 3. The minimum absolute atomic E-state index is 0.150. The zero-order valence-corrected chi connectivity index (χ0v) is 10.6. The van der Waals surface area contributed by atoms with Crippen molar-refractivity contribution < 1.29 is 9.13 Å². The summed E-state index contributed by atoms with van der Waals surface area (Å²) in [5.74, 6) is -0.493. The van der Waals surface area contributed by atoms with Crippen molar-refractivity contribution in [2.45, 2.75) is 0 Å². The van der Waals surface area contributed by atoms with Gasteiger partial charge in [-0.3, -0.25) is 5.43 Å². The number of nitrogens with one attached hydrogen (secondary N) is 1. The second-order valence-corrected chi connectivity index (χ2v) is 4.03. The number of nitriles is 2. The summed E-state index contributed by atoms with van der Waals surface area (Å²) in [6.45, 7) is 2.43. The number of halogens is 1. The summed E-state index contributed by atoms with van der Waals surface area (Å²) in [5.41, 5.74) is 2.89. The molecule has 1 heterocycles. The van der Waals surface area contributed by atoms with E-state index in [9.17, 15) is 4.39 Å². The molecule has 1 fully saturated rings. The Labute approximate surface area is 115 Å². The molecule has 20 heavy (non-hydrogen) atoms. The monoisotopic (exact) mass is 273 g/mol. The van der Waals surface area contributed by atoms with Crippen LogP contribution in [0.3, 0.4) is 0 Å². The lowest BCUT2D eigenvalue weighted by atomic mass is 10.2. The van der Waals surface area contributed by atoms with Crippen LogP contribution in [0.2, 0.25) is 0 Å². The highest BCUT2D eigenvalue weighted by Gasteiger charge is 2.17. The molecule has 0 atom stereocenters. The third-order valence-corrected chi connectivity index (χ3v) is 2.83. The summed E-state index contributed by atoms with van der Waals surface area (Å²) in [4.78, 5) is 1.96. The lowest BCUT2D eigenvalue weighted by Gasteiger charge is -2.30. The zero-order valence-electron chi connectivity index (χ0n) is 10.6. The van der Waals surface area contributed by atoms with Crippen LogP contribution < -0.4 is 10.3 Å². The average Bonchev–Trinajstić information content (AvgIpc) is 2.50.